The van der Waals surface area contributed by atoms with Crippen molar-refractivity contribution in [3.8, 4) is 5.75 Å². The van der Waals surface area contributed by atoms with Gasteiger partial charge in [-0.3, -0.25) is 0 Å². The quantitative estimate of drug-likeness (QED) is 0.663. The molecule has 2 aromatic carbocycles. The minimum Gasteiger partial charge on any atom is -0.491 e. The molecule has 2 aromatic rings. The maximum Gasteiger partial charge on any atom is 0.119 e. The first-order valence-electron chi connectivity index (χ1n) is 8.48. The molecule has 0 radical (unpaired) electrons. The van der Waals surface area contributed by atoms with E-state index in [1.807, 2.05) is 26.0 Å². The summed E-state index contributed by atoms with van der Waals surface area (Å²) in [6.45, 7) is 8.11. The van der Waals surface area contributed by atoms with Crippen LogP contribution in [0.15, 0.2) is 54.6 Å². The van der Waals surface area contributed by atoms with E-state index in [4.69, 9.17) is 4.74 Å². The Morgan fingerprint density at radius 1 is 0.913 bits per heavy atom. The summed E-state index contributed by atoms with van der Waals surface area (Å²) in [5.41, 5.74) is 2.47. The van der Waals surface area contributed by atoms with Crippen molar-refractivity contribution in [2.75, 3.05) is 18.4 Å². The fourth-order valence-electron chi connectivity index (χ4n) is 2.56. The molecular weight excluding hydrogens is 284 g/mol. The van der Waals surface area contributed by atoms with Crippen LogP contribution in [-0.4, -0.2) is 19.2 Å². The Morgan fingerprint density at radius 3 is 2.22 bits per heavy atom. The monoisotopic (exact) mass is 312 g/mol. The van der Waals surface area contributed by atoms with Crippen LogP contribution < -0.4 is 15.4 Å². The van der Waals surface area contributed by atoms with Crippen LogP contribution in [0.3, 0.4) is 0 Å². The highest BCUT2D eigenvalue weighted by molar-refractivity contribution is 5.46. The standard InChI is InChI=1S/C20H28N2O/c1-4-20(17-8-6-5-7-9-17)22-15-14-21-18-10-12-19(13-11-18)23-16(2)3/h5-13,16,20-22H,4,14-15H2,1-3H3. The van der Waals surface area contributed by atoms with Crippen LogP contribution in [0.2, 0.25) is 0 Å². The van der Waals surface area contributed by atoms with Crippen LogP contribution in [-0.2, 0) is 0 Å². The smallest absolute Gasteiger partial charge is 0.119 e. The fraction of sp³-hybridized carbons (Fsp3) is 0.400. The summed E-state index contributed by atoms with van der Waals surface area (Å²) in [7, 11) is 0. The van der Waals surface area contributed by atoms with Crippen LogP contribution in [0.4, 0.5) is 5.69 Å². The number of rotatable bonds is 9. The van der Waals surface area contributed by atoms with Crippen LogP contribution >= 0.6 is 0 Å². The number of ether oxygens (including phenoxy) is 1. The van der Waals surface area contributed by atoms with E-state index in [1.165, 1.54) is 5.56 Å². The van der Waals surface area contributed by atoms with Crippen molar-refractivity contribution in [3.63, 3.8) is 0 Å². The molecule has 0 aliphatic rings. The second-order valence-electron chi connectivity index (χ2n) is 5.94. The fourth-order valence-corrected chi connectivity index (χ4v) is 2.56. The lowest BCUT2D eigenvalue weighted by Gasteiger charge is -2.18. The molecule has 0 spiro atoms. The SMILES string of the molecule is CCC(NCCNc1ccc(OC(C)C)cc1)c1ccccc1. The molecule has 2 N–H and O–H groups in total. The Labute approximate surface area is 140 Å². The molecule has 2 rings (SSSR count). The van der Waals surface area contributed by atoms with Crippen molar-refractivity contribution in [2.24, 2.45) is 0 Å². The Kier molecular flexibility index (Phi) is 6.95. The maximum atomic E-state index is 5.65. The molecule has 1 unspecified atom stereocenters. The van der Waals surface area contributed by atoms with Gasteiger partial charge in [0, 0.05) is 24.8 Å². The van der Waals surface area contributed by atoms with Crippen molar-refractivity contribution < 1.29 is 4.74 Å². The minimum atomic E-state index is 0.210. The Morgan fingerprint density at radius 2 is 1.61 bits per heavy atom. The third-order valence-electron chi connectivity index (χ3n) is 3.68. The van der Waals surface area contributed by atoms with E-state index >= 15 is 0 Å². The topological polar surface area (TPSA) is 33.3 Å². The van der Waals surface area contributed by atoms with Gasteiger partial charge in [0.1, 0.15) is 5.75 Å². The molecular formula is C20H28N2O. The molecule has 3 heteroatoms. The second kappa shape index (κ2) is 9.21. The molecule has 0 aliphatic heterocycles. The number of hydrogen-bond acceptors (Lipinski definition) is 3. The van der Waals surface area contributed by atoms with Crippen molar-refractivity contribution >= 4 is 5.69 Å². The lowest BCUT2D eigenvalue weighted by Crippen LogP contribution is -2.26. The molecule has 0 amide bonds. The highest BCUT2D eigenvalue weighted by Gasteiger charge is 2.06. The molecule has 0 fully saturated rings. The Bertz CT molecular complexity index is 552. The zero-order valence-electron chi connectivity index (χ0n) is 14.4. The number of anilines is 1. The molecule has 0 heterocycles. The lowest BCUT2D eigenvalue weighted by atomic mass is 10.0. The molecule has 23 heavy (non-hydrogen) atoms. The molecule has 0 aromatic heterocycles. The van der Waals surface area contributed by atoms with Crippen LogP contribution in [0.5, 0.6) is 5.75 Å². The van der Waals surface area contributed by atoms with Gasteiger partial charge in [-0.15, -0.1) is 0 Å². The van der Waals surface area contributed by atoms with Gasteiger partial charge in [-0.05, 0) is 50.1 Å². The molecule has 0 aliphatic carbocycles. The van der Waals surface area contributed by atoms with Crippen LogP contribution in [0.25, 0.3) is 0 Å². The van der Waals surface area contributed by atoms with Gasteiger partial charge in [-0.2, -0.15) is 0 Å². The normalized spacial score (nSPS) is 12.2. The highest BCUT2D eigenvalue weighted by Crippen LogP contribution is 2.17. The first-order valence-corrected chi connectivity index (χ1v) is 8.48. The summed E-state index contributed by atoms with van der Waals surface area (Å²) in [5, 5.41) is 7.04. The van der Waals surface area contributed by atoms with Crippen LogP contribution in [0.1, 0.15) is 38.8 Å². The summed E-state index contributed by atoms with van der Waals surface area (Å²) in [6, 6.07) is 19.2. The maximum absolute atomic E-state index is 5.65. The summed E-state index contributed by atoms with van der Waals surface area (Å²) < 4.78 is 5.65. The van der Waals surface area contributed by atoms with Gasteiger partial charge in [0.15, 0.2) is 0 Å². The minimum absolute atomic E-state index is 0.210. The van der Waals surface area contributed by atoms with E-state index in [9.17, 15) is 0 Å². The van der Waals surface area contributed by atoms with Crippen molar-refractivity contribution in [3.05, 3.63) is 60.2 Å². The van der Waals surface area contributed by atoms with Crippen molar-refractivity contribution in [1.29, 1.82) is 0 Å². The molecule has 0 saturated carbocycles. The van der Waals surface area contributed by atoms with Gasteiger partial charge >= 0.3 is 0 Å². The van der Waals surface area contributed by atoms with Gasteiger partial charge in [0.25, 0.3) is 0 Å². The van der Waals surface area contributed by atoms with E-state index in [-0.39, 0.29) is 6.10 Å². The first-order chi connectivity index (χ1) is 11.2. The zero-order valence-corrected chi connectivity index (χ0v) is 14.4. The summed E-state index contributed by atoms with van der Waals surface area (Å²) in [4.78, 5) is 0. The summed E-state index contributed by atoms with van der Waals surface area (Å²) in [6.07, 6.45) is 1.30. The van der Waals surface area contributed by atoms with E-state index in [0.717, 1.165) is 30.9 Å². The number of hydrogen-bond donors (Lipinski definition) is 2. The van der Waals surface area contributed by atoms with Gasteiger partial charge < -0.3 is 15.4 Å². The first kappa shape index (κ1) is 17.4. The number of nitrogens with one attached hydrogen (secondary N) is 2. The van der Waals surface area contributed by atoms with Gasteiger partial charge in [0.05, 0.1) is 6.10 Å². The average molecular weight is 312 g/mol. The number of benzene rings is 2. The van der Waals surface area contributed by atoms with Gasteiger partial charge in [-0.1, -0.05) is 37.3 Å². The third kappa shape index (κ3) is 5.95. The average Bonchev–Trinajstić information content (AvgIpc) is 2.57. The summed E-state index contributed by atoms with van der Waals surface area (Å²) in [5.74, 6) is 0.916. The third-order valence-corrected chi connectivity index (χ3v) is 3.68. The van der Waals surface area contributed by atoms with E-state index < -0.39 is 0 Å². The predicted octanol–water partition coefficient (Wildman–Crippen LogP) is 4.63. The Hall–Kier alpha value is -2.00. The van der Waals surface area contributed by atoms with E-state index in [2.05, 4.69) is 60.0 Å². The van der Waals surface area contributed by atoms with E-state index in [0.29, 0.717) is 6.04 Å². The summed E-state index contributed by atoms with van der Waals surface area (Å²) >= 11 is 0. The second-order valence-corrected chi connectivity index (χ2v) is 5.94. The van der Waals surface area contributed by atoms with Crippen LogP contribution in [0, 0.1) is 0 Å². The largest absolute Gasteiger partial charge is 0.491 e. The molecule has 0 bridgehead atoms. The molecule has 0 saturated heterocycles. The van der Waals surface area contributed by atoms with Gasteiger partial charge in [0.2, 0.25) is 0 Å². The Balaban J connectivity index is 1.74. The molecule has 124 valence electrons. The molecule has 3 nitrogen and oxygen atoms in total. The van der Waals surface area contributed by atoms with Crippen molar-refractivity contribution in [2.45, 2.75) is 39.3 Å². The predicted molar refractivity (Wildman–Crippen MR) is 98.2 cm³/mol. The highest BCUT2D eigenvalue weighted by atomic mass is 16.5. The van der Waals surface area contributed by atoms with E-state index in [1.54, 1.807) is 0 Å². The van der Waals surface area contributed by atoms with Gasteiger partial charge in [-0.25, -0.2) is 0 Å². The van der Waals surface area contributed by atoms with Crippen molar-refractivity contribution in [1.82, 2.24) is 5.32 Å². The lowest BCUT2D eigenvalue weighted by molar-refractivity contribution is 0.242. The zero-order chi connectivity index (χ0) is 16.5. The molecule has 1 atom stereocenters.